The van der Waals surface area contributed by atoms with Crippen molar-refractivity contribution in [3.63, 3.8) is 0 Å². The summed E-state index contributed by atoms with van der Waals surface area (Å²) < 4.78 is 22.7. The van der Waals surface area contributed by atoms with Crippen molar-refractivity contribution in [1.29, 1.82) is 0 Å². The van der Waals surface area contributed by atoms with Gasteiger partial charge in [-0.2, -0.15) is 0 Å². The first-order chi connectivity index (χ1) is 25.9. The van der Waals surface area contributed by atoms with Crippen LogP contribution in [0.5, 0.6) is 5.75 Å². The smallest absolute Gasteiger partial charge is 0.347 e. The third kappa shape index (κ3) is 7.37. The van der Waals surface area contributed by atoms with E-state index >= 15 is 0 Å². The van der Waals surface area contributed by atoms with E-state index in [4.69, 9.17) is 18.9 Å². The van der Waals surface area contributed by atoms with Crippen molar-refractivity contribution in [1.82, 2.24) is 0 Å². The van der Waals surface area contributed by atoms with Gasteiger partial charge in [0, 0.05) is 18.8 Å². The molecule has 4 aromatic rings. The summed E-state index contributed by atoms with van der Waals surface area (Å²) in [5, 5.41) is 4.26. The second kappa shape index (κ2) is 15.4. The zero-order chi connectivity index (χ0) is 36.3. The van der Waals surface area contributed by atoms with Crippen molar-refractivity contribution in [2.24, 2.45) is 5.92 Å². The predicted octanol–water partition coefficient (Wildman–Crippen LogP) is 7.74. The minimum Gasteiger partial charge on any atom is -0.479 e. The van der Waals surface area contributed by atoms with Gasteiger partial charge in [0.2, 0.25) is 0 Å². The lowest BCUT2D eigenvalue weighted by atomic mass is 9.85. The van der Waals surface area contributed by atoms with E-state index in [1.54, 1.807) is 0 Å². The summed E-state index contributed by atoms with van der Waals surface area (Å²) in [7, 11) is -1.14. The summed E-state index contributed by atoms with van der Waals surface area (Å²) in [4.78, 5) is 24.4. The molecule has 7 heteroatoms. The third-order valence-corrected chi connectivity index (χ3v) is 13.5. The zero-order valence-electron chi connectivity index (χ0n) is 30.1. The maximum atomic E-state index is 12.4. The maximum absolute atomic E-state index is 12.4. The first-order valence-electron chi connectivity index (χ1n) is 18.6. The molecule has 2 fully saturated rings. The van der Waals surface area contributed by atoms with Gasteiger partial charge >= 0.3 is 11.9 Å². The topological polar surface area (TPSA) is 71.1 Å². The fraction of sp³-hybridized carbons (Fsp3) is 0.261. The summed E-state index contributed by atoms with van der Waals surface area (Å²) in [6.45, 7) is 5.09. The van der Waals surface area contributed by atoms with Gasteiger partial charge in [0.05, 0.1) is 19.3 Å². The summed E-state index contributed by atoms with van der Waals surface area (Å²) in [5.74, 6) is 0.139. The van der Waals surface area contributed by atoms with Gasteiger partial charge in [-0.15, -0.1) is 0 Å². The Labute approximate surface area is 313 Å². The van der Waals surface area contributed by atoms with Crippen LogP contribution in [-0.4, -0.2) is 52.3 Å². The molecule has 0 bridgehead atoms. The molecule has 0 saturated carbocycles. The average molecular weight is 720 g/mol. The van der Waals surface area contributed by atoms with Crippen molar-refractivity contribution in [2.45, 2.75) is 57.8 Å². The Balaban J connectivity index is 1.15. The number of esters is 2. The van der Waals surface area contributed by atoms with E-state index in [0.717, 1.165) is 51.8 Å². The van der Waals surface area contributed by atoms with Crippen molar-refractivity contribution < 1.29 is 28.5 Å². The van der Waals surface area contributed by atoms with Crippen LogP contribution in [0.15, 0.2) is 133 Å². The number of cyclic esters (lactones) is 2. The summed E-state index contributed by atoms with van der Waals surface area (Å²) in [5.41, 5.74) is 7.75. The van der Waals surface area contributed by atoms with E-state index in [2.05, 4.69) is 135 Å². The molecule has 8 rings (SSSR count). The highest BCUT2D eigenvalue weighted by atomic mass is 28.3. The molecule has 6 nitrogen and oxygen atoms in total. The molecule has 53 heavy (non-hydrogen) atoms. The highest BCUT2D eigenvalue weighted by Gasteiger charge is 2.32. The molecule has 0 aromatic heterocycles. The van der Waals surface area contributed by atoms with E-state index in [0.29, 0.717) is 31.8 Å². The van der Waals surface area contributed by atoms with Crippen molar-refractivity contribution >= 4 is 36.7 Å². The summed E-state index contributed by atoms with van der Waals surface area (Å²) >= 11 is 0. The molecule has 267 valence electrons. The first-order valence-corrected chi connectivity index (χ1v) is 20.1. The predicted molar refractivity (Wildman–Crippen MR) is 210 cm³/mol. The summed E-state index contributed by atoms with van der Waals surface area (Å²) in [6.07, 6.45) is 15.2. The largest absolute Gasteiger partial charge is 0.479 e. The highest BCUT2D eigenvalue weighted by molar-refractivity contribution is 6.90. The Morgan fingerprint density at radius 3 is 2.19 bits per heavy atom. The van der Waals surface area contributed by atoms with E-state index < -0.39 is 21.0 Å². The van der Waals surface area contributed by atoms with E-state index in [9.17, 15) is 9.59 Å². The molecule has 0 spiro atoms. The standard InChI is InChI=1S/C46H43O6Si/c1-30-28-33(18-23-42(30)52-44-25-27-50-46(44)48)38-14-9-15-39(31(38)2)40-22-19-34(51-43-24-26-49-45(43)47)29-41(40)32-16-20-37(21-17-32)53(35-10-5-3-6-11-35)36-12-7-4-8-13-36/h3-7,9-12,14-23,28-30,42-44H,8,13,24-27H2,1-2H3. The number of benzene rings is 4. The van der Waals surface area contributed by atoms with Gasteiger partial charge in [0.1, 0.15) is 14.5 Å². The molecule has 0 amide bonds. The molecule has 2 saturated heterocycles. The van der Waals surface area contributed by atoms with Gasteiger partial charge < -0.3 is 18.9 Å². The fourth-order valence-corrected chi connectivity index (χ4v) is 10.5. The number of hydrogen-bond donors (Lipinski definition) is 0. The second-order valence-corrected chi connectivity index (χ2v) is 16.7. The Morgan fingerprint density at radius 1 is 0.755 bits per heavy atom. The quantitative estimate of drug-likeness (QED) is 0.123. The molecule has 1 radical (unpaired) electrons. The van der Waals surface area contributed by atoms with Gasteiger partial charge in [-0.25, -0.2) is 9.59 Å². The lowest BCUT2D eigenvalue weighted by Crippen LogP contribution is -2.44. The molecule has 0 N–H and O–H groups in total. The molecule has 2 heterocycles. The van der Waals surface area contributed by atoms with Crippen molar-refractivity contribution in [3.8, 4) is 28.0 Å². The van der Waals surface area contributed by atoms with Crippen LogP contribution < -0.4 is 15.1 Å². The number of carbonyl (C=O) groups excluding carboxylic acids is 2. The van der Waals surface area contributed by atoms with Gasteiger partial charge in [-0.05, 0) is 70.9 Å². The number of ether oxygens (including phenoxy) is 4. The Bertz CT molecular complexity index is 2130. The van der Waals surface area contributed by atoms with E-state index in [1.807, 2.05) is 6.07 Å². The number of carbonyl (C=O) groups is 2. The average Bonchev–Trinajstić information content (AvgIpc) is 3.80. The lowest BCUT2D eigenvalue weighted by molar-refractivity contribution is -0.149. The minimum absolute atomic E-state index is 0.0851. The van der Waals surface area contributed by atoms with Crippen molar-refractivity contribution in [2.75, 3.05) is 13.2 Å². The second-order valence-electron chi connectivity index (χ2n) is 14.1. The van der Waals surface area contributed by atoms with Crippen LogP contribution in [0.2, 0.25) is 0 Å². The van der Waals surface area contributed by atoms with E-state index in [1.165, 1.54) is 15.6 Å². The molecule has 2 aliphatic heterocycles. The number of rotatable bonds is 10. The van der Waals surface area contributed by atoms with Crippen LogP contribution in [0.3, 0.4) is 0 Å². The van der Waals surface area contributed by atoms with Gasteiger partial charge in [-0.3, -0.25) is 0 Å². The molecular formula is C46H43O6Si. The monoisotopic (exact) mass is 719 g/mol. The molecule has 4 aliphatic rings. The van der Waals surface area contributed by atoms with Crippen LogP contribution >= 0.6 is 0 Å². The normalized spacial score (nSPS) is 22.4. The number of allylic oxidation sites excluding steroid dienone is 6. The maximum Gasteiger partial charge on any atom is 0.347 e. The molecule has 4 aromatic carbocycles. The molecule has 2 aliphatic carbocycles. The Morgan fingerprint density at radius 2 is 1.49 bits per heavy atom. The van der Waals surface area contributed by atoms with Gasteiger partial charge in [0.15, 0.2) is 12.2 Å². The van der Waals surface area contributed by atoms with Crippen LogP contribution in [-0.2, 0) is 23.8 Å². The molecule has 4 unspecified atom stereocenters. The first kappa shape index (κ1) is 34.8. The van der Waals surface area contributed by atoms with Crippen LogP contribution in [0.25, 0.3) is 27.8 Å². The lowest BCUT2D eigenvalue weighted by Gasteiger charge is -2.26. The molecule has 4 atom stereocenters. The van der Waals surface area contributed by atoms with E-state index in [-0.39, 0.29) is 24.0 Å². The Kier molecular flexibility index (Phi) is 10.1. The highest BCUT2D eigenvalue weighted by Crippen LogP contribution is 2.40. The van der Waals surface area contributed by atoms with Crippen molar-refractivity contribution in [3.05, 3.63) is 144 Å². The van der Waals surface area contributed by atoms with Gasteiger partial charge in [-0.1, -0.05) is 138 Å². The van der Waals surface area contributed by atoms with Crippen LogP contribution in [0.1, 0.15) is 43.7 Å². The van der Waals surface area contributed by atoms with Gasteiger partial charge in [0.25, 0.3) is 0 Å². The fourth-order valence-electron chi connectivity index (χ4n) is 7.78. The molecular weight excluding hydrogens is 677 g/mol. The summed E-state index contributed by atoms with van der Waals surface area (Å²) in [6, 6.07) is 32.6. The Hall–Kier alpha value is -5.24. The zero-order valence-corrected chi connectivity index (χ0v) is 31.1. The van der Waals surface area contributed by atoms with Crippen LogP contribution in [0, 0.1) is 12.8 Å². The number of hydrogen-bond acceptors (Lipinski definition) is 6. The SMILES string of the molecule is Cc1c(C2=CC(C)C(OC3CCOC3=O)C=C2)cccc1-c1ccc(OC2CCOC2=O)cc1-c1ccc([Si](C2=CC=CCC2)c2ccccc2)cc1. The minimum atomic E-state index is -1.14. The third-order valence-electron chi connectivity index (χ3n) is 10.6. The van der Waals surface area contributed by atoms with Crippen LogP contribution in [0.4, 0.5) is 0 Å².